The number of likely N-dealkylation sites (tertiary alicyclic amines) is 2. The highest BCUT2D eigenvalue weighted by Crippen LogP contribution is 2.30. The summed E-state index contributed by atoms with van der Waals surface area (Å²) in [5.41, 5.74) is 1.18. The number of para-hydroxylation sites is 1. The van der Waals surface area contributed by atoms with Crippen LogP contribution in [0.3, 0.4) is 0 Å². The third kappa shape index (κ3) is 4.24. The summed E-state index contributed by atoms with van der Waals surface area (Å²) in [4.78, 5) is 20.4. The first-order valence-electron chi connectivity index (χ1n) is 11.7. The van der Waals surface area contributed by atoms with Crippen molar-refractivity contribution in [3.05, 3.63) is 35.6 Å². The second-order valence-electron chi connectivity index (χ2n) is 9.01. The highest BCUT2D eigenvalue weighted by molar-refractivity contribution is 5.83. The molecule has 2 fully saturated rings. The minimum Gasteiger partial charge on any atom is -0.387 e. The monoisotopic (exact) mass is 456 g/mol. The Balaban J connectivity index is 1.23. The smallest absolute Gasteiger partial charge is 0.291 e. The number of aromatic nitrogens is 4. The van der Waals surface area contributed by atoms with Gasteiger partial charge in [0.25, 0.3) is 5.95 Å². The first-order valence-corrected chi connectivity index (χ1v) is 11.7. The molecule has 1 amide bonds. The van der Waals surface area contributed by atoms with Gasteiger partial charge in [-0.05, 0) is 55.9 Å². The first-order chi connectivity index (χ1) is 16.1. The van der Waals surface area contributed by atoms with Gasteiger partial charge in [0.2, 0.25) is 11.8 Å². The molecule has 33 heavy (non-hydrogen) atoms. The zero-order valence-electron chi connectivity index (χ0n) is 18.8. The van der Waals surface area contributed by atoms with Crippen LogP contribution in [0, 0.1) is 11.7 Å². The summed E-state index contributed by atoms with van der Waals surface area (Å²) in [5.74, 6) is 0.911. The highest BCUT2D eigenvalue weighted by Gasteiger charge is 2.31. The minimum absolute atomic E-state index is 0.163. The Morgan fingerprint density at radius 1 is 1.24 bits per heavy atom. The Morgan fingerprint density at radius 2 is 2.06 bits per heavy atom. The van der Waals surface area contributed by atoms with Crippen molar-refractivity contribution in [1.82, 2.24) is 29.7 Å². The molecule has 2 aliphatic heterocycles. The second-order valence-corrected chi connectivity index (χ2v) is 9.01. The van der Waals surface area contributed by atoms with Crippen molar-refractivity contribution in [2.75, 3.05) is 39.3 Å². The number of hydrogen-bond acceptors (Lipinski definition) is 7. The molecule has 0 radical (unpaired) electrons. The van der Waals surface area contributed by atoms with E-state index in [4.69, 9.17) is 9.63 Å². The van der Waals surface area contributed by atoms with Gasteiger partial charge in [0.15, 0.2) is 0 Å². The lowest BCUT2D eigenvalue weighted by atomic mass is 9.95. The van der Waals surface area contributed by atoms with Crippen LogP contribution in [0.2, 0.25) is 0 Å². The Labute approximate surface area is 191 Å². The van der Waals surface area contributed by atoms with Crippen molar-refractivity contribution in [2.45, 2.75) is 38.5 Å². The Bertz CT molecular complexity index is 1140. The third-order valence-electron chi connectivity index (χ3n) is 6.91. The zero-order chi connectivity index (χ0) is 22.9. The fourth-order valence-electron chi connectivity index (χ4n) is 5.11. The van der Waals surface area contributed by atoms with Crippen molar-refractivity contribution in [2.24, 2.45) is 5.92 Å². The molecule has 1 N–H and O–H groups in total. The van der Waals surface area contributed by atoms with Crippen LogP contribution in [-0.4, -0.2) is 80.1 Å². The minimum atomic E-state index is -0.412. The van der Waals surface area contributed by atoms with Gasteiger partial charge in [-0.1, -0.05) is 19.1 Å². The topological polar surface area (TPSA) is 101 Å². The molecule has 4 heterocycles. The molecule has 0 unspecified atom stereocenters. The van der Waals surface area contributed by atoms with Gasteiger partial charge in [-0.2, -0.15) is 14.8 Å². The van der Waals surface area contributed by atoms with Crippen LogP contribution in [0.4, 0.5) is 4.39 Å². The van der Waals surface area contributed by atoms with E-state index in [1.54, 1.807) is 11.0 Å². The van der Waals surface area contributed by atoms with E-state index in [0.29, 0.717) is 23.7 Å². The molecule has 0 aliphatic carbocycles. The fourth-order valence-corrected chi connectivity index (χ4v) is 5.11. The van der Waals surface area contributed by atoms with Gasteiger partial charge in [-0.15, -0.1) is 0 Å². The number of fused-ring (bicyclic) bond motifs is 1. The molecular weight excluding hydrogens is 427 g/mol. The second kappa shape index (κ2) is 9.18. The number of hydrogen-bond donors (Lipinski definition) is 1. The summed E-state index contributed by atoms with van der Waals surface area (Å²) >= 11 is 0. The summed E-state index contributed by atoms with van der Waals surface area (Å²) in [6.45, 7) is 5.83. The molecule has 176 valence electrons. The van der Waals surface area contributed by atoms with Crippen LogP contribution >= 0.6 is 0 Å². The Hall–Kier alpha value is -2.85. The van der Waals surface area contributed by atoms with Gasteiger partial charge in [0.05, 0.1) is 5.69 Å². The quantitative estimate of drug-likeness (QED) is 0.606. The predicted molar refractivity (Wildman–Crippen MR) is 118 cm³/mol. The molecule has 10 heteroatoms. The molecule has 3 aromatic rings. The summed E-state index contributed by atoms with van der Waals surface area (Å²) < 4.78 is 21.6. The van der Waals surface area contributed by atoms with E-state index in [-0.39, 0.29) is 23.6 Å². The molecule has 0 bridgehead atoms. The molecule has 1 aromatic carbocycles. The summed E-state index contributed by atoms with van der Waals surface area (Å²) in [6, 6.07) is 4.96. The third-order valence-corrected chi connectivity index (χ3v) is 6.91. The van der Waals surface area contributed by atoms with Crippen molar-refractivity contribution in [3.63, 3.8) is 0 Å². The van der Waals surface area contributed by atoms with Gasteiger partial charge in [-0.3, -0.25) is 4.79 Å². The maximum absolute atomic E-state index is 14.6. The maximum atomic E-state index is 14.6. The number of rotatable bonds is 6. The van der Waals surface area contributed by atoms with Crippen LogP contribution in [0.5, 0.6) is 0 Å². The van der Waals surface area contributed by atoms with Gasteiger partial charge in [-0.25, -0.2) is 4.39 Å². The number of aryl methyl sites for hydroxylation is 1. The number of benzene rings is 1. The normalized spacial score (nSPS) is 20.2. The SMILES string of the molecule is CCc1nn(-c2noc(C3CCN(C[C@H]4CCN(C(=O)CO)C4)CC3)n2)c2c(F)cccc12. The van der Waals surface area contributed by atoms with Crippen molar-refractivity contribution < 1.29 is 18.8 Å². The molecule has 5 rings (SSSR count). The molecule has 0 spiro atoms. The summed E-state index contributed by atoms with van der Waals surface area (Å²) in [7, 11) is 0. The van der Waals surface area contributed by atoms with E-state index in [1.807, 2.05) is 13.0 Å². The number of carbonyl (C=O) groups excluding carboxylic acids is 1. The van der Waals surface area contributed by atoms with E-state index in [9.17, 15) is 9.18 Å². The lowest BCUT2D eigenvalue weighted by Gasteiger charge is -2.32. The van der Waals surface area contributed by atoms with Gasteiger partial charge < -0.3 is 19.4 Å². The van der Waals surface area contributed by atoms with Crippen LogP contribution in [0.15, 0.2) is 22.7 Å². The number of aliphatic hydroxyl groups is 1. The number of carbonyl (C=O) groups is 1. The molecule has 9 nitrogen and oxygen atoms in total. The maximum Gasteiger partial charge on any atom is 0.291 e. The van der Waals surface area contributed by atoms with Gasteiger partial charge in [0.1, 0.15) is 17.9 Å². The molecule has 2 aromatic heterocycles. The van der Waals surface area contributed by atoms with E-state index < -0.39 is 6.61 Å². The standard InChI is InChI=1S/C23H29FN6O3/c1-2-19-17-4-3-5-18(24)21(17)30(26-19)23-25-22(33-27-23)16-7-9-28(10-8-16)12-15-6-11-29(13-15)20(32)14-31/h3-5,15-16,31H,2,6-14H2,1H3/t15-/m1/s1. The van der Waals surface area contributed by atoms with Crippen molar-refractivity contribution >= 4 is 16.8 Å². The van der Waals surface area contributed by atoms with Crippen LogP contribution < -0.4 is 0 Å². The summed E-state index contributed by atoms with van der Waals surface area (Å²) in [5, 5.41) is 18.5. The fraction of sp³-hybridized carbons (Fsp3) is 0.565. The molecule has 2 aliphatic rings. The summed E-state index contributed by atoms with van der Waals surface area (Å²) in [6.07, 6.45) is 3.47. The van der Waals surface area contributed by atoms with Gasteiger partial charge >= 0.3 is 0 Å². The van der Waals surface area contributed by atoms with Crippen molar-refractivity contribution in [3.8, 4) is 5.95 Å². The number of nitrogens with zero attached hydrogens (tertiary/aromatic N) is 6. The molecule has 1 atom stereocenters. The molecular formula is C23H29FN6O3. The lowest BCUT2D eigenvalue weighted by molar-refractivity contribution is -0.133. The molecule has 2 saturated heterocycles. The zero-order valence-corrected chi connectivity index (χ0v) is 18.8. The number of halogens is 1. The van der Waals surface area contributed by atoms with Crippen LogP contribution in [0.25, 0.3) is 16.9 Å². The number of aliphatic hydroxyl groups excluding tert-OH is 1. The predicted octanol–water partition coefficient (Wildman–Crippen LogP) is 2.13. The number of amides is 1. The van der Waals surface area contributed by atoms with E-state index in [2.05, 4.69) is 20.1 Å². The number of piperidine rings is 1. The largest absolute Gasteiger partial charge is 0.387 e. The van der Waals surface area contributed by atoms with Crippen LogP contribution in [0.1, 0.15) is 43.7 Å². The van der Waals surface area contributed by atoms with Gasteiger partial charge in [0, 0.05) is 30.9 Å². The van der Waals surface area contributed by atoms with E-state index >= 15 is 0 Å². The van der Waals surface area contributed by atoms with Crippen molar-refractivity contribution in [1.29, 1.82) is 0 Å². The average molecular weight is 457 g/mol. The van der Waals surface area contributed by atoms with E-state index in [1.165, 1.54) is 10.7 Å². The highest BCUT2D eigenvalue weighted by atomic mass is 19.1. The molecule has 0 saturated carbocycles. The van der Waals surface area contributed by atoms with E-state index in [0.717, 1.165) is 63.1 Å². The van der Waals surface area contributed by atoms with Crippen LogP contribution in [-0.2, 0) is 11.2 Å². The first kappa shape index (κ1) is 22.0. The Morgan fingerprint density at radius 3 is 2.82 bits per heavy atom. The lowest BCUT2D eigenvalue weighted by Crippen LogP contribution is -2.38. The Kier molecular flexibility index (Phi) is 6.11. The average Bonchev–Trinajstić information content (AvgIpc) is 3.58.